The molecule has 0 saturated heterocycles. The average molecular weight is 314 g/mol. The van der Waals surface area contributed by atoms with Crippen molar-refractivity contribution in [3.63, 3.8) is 0 Å². The molecule has 2 aromatic carbocycles. The van der Waals surface area contributed by atoms with Crippen molar-refractivity contribution in [3.8, 4) is 0 Å². The second-order valence-corrected chi connectivity index (χ2v) is 6.68. The third-order valence-electron chi connectivity index (χ3n) is 3.59. The molecule has 2 aromatic rings. The smallest absolute Gasteiger partial charge is 0.256 e. The van der Waals surface area contributed by atoms with E-state index in [1.165, 1.54) is 12.1 Å². The molecule has 22 heavy (non-hydrogen) atoms. The number of nitrogens with two attached hydrogens (primary N) is 1. The van der Waals surface area contributed by atoms with Gasteiger partial charge in [-0.05, 0) is 42.3 Å². The maximum Gasteiger partial charge on any atom is 0.256 e. The van der Waals surface area contributed by atoms with Crippen LogP contribution in [0.25, 0.3) is 11.6 Å². The maximum absolute atomic E-state index is 12.1. The summed E-state index contributed by atoms with van der Waals surface area (Å²) < 4.78 is 23.0. The number of amides is 1. The highest BCUT2D eigenvalue weighted by Crippen LogP contribution is 2.34. The van der Waals surface area contributed by atoms with Crippen LogP contribution in [0.15, 0.2) is 47.4 Å². The lowest BCUT2D eigenvalue weighted by Crippen LogP contribution is -2.12. The van der Waals surface area contributed by atoms with Gasteiger partial charge in [-0.2, -0.15) is 0 Å². The number of hydrogen-bond donors (Lipinski definition) is 2. The lowest BCUT2D eigenvalue weighted by molar-refractivity contribution is -0.110. The molecule has 1 heterocycles. The van der Waals surface area contributed by atoms with Gasteiger partial charge in [0.2, 0.25) is 10.0 Å². The fourth-order valence-electron chi connectivity index (χ4n) is 2.39. The number of carbonyl (C=O) groups is 1. The van der Waals surface area contributed by atoms with E-state index in [-0.39, 0.29) is 10.8 Å². The number of fused-ring (bicyclic) bond motifs is 1. The molecule has 3 N–H and O–H groups in total. The van der Waals surface area contributed by atoms with Gasteiger partial charge in [0.05, 0.1) is 4.90 Å². The minimum Gasteiger partial charge on any atom is -0.321 e. The average Bonchev–Trinajstić information content (AvgIpc) is 2.76. The molecule has 0 fully saturated rings. The molecule has 1 aliphatic heterocycles. The summed E-state index contributed by atoms with van der Waals surface area (Å²) in [4.78, 5) is 12.1. The number of anilines is 1. The van der Waals surface area contributed by atoms with Crippen LogP contribution in [-0.4, -0.2) is 14.3 Å². The van der Waals surface area contributed by atoms with E-state index in [0.717, 1.165) is 11.1 Å². The van der Waals surface area contributed by atoms with E-state index in [1.54, 1.807) is 12.1 Å². The van der Waals surface area contributed by atoms with Gasteiger partial charge in [0.15, 0.2) is 0 Å². The molecule has 1 amide bonds. The van der Waals surface area contributed by atoms with Gasteiger partial charge >= 0.3 is 0 Å². The van der Waals surface area contributed by atoms with Crippen LogP contribution in [0.2, 0.25) is 0 Å². The molecule has 0 bridgehead atoms. The van der Waals surface area contributed by atoms with E-state index in [1.807, 2.05) is 31.2 Å². The van der Waals surface area contributed by atoms with Crippen LogP contribution in [0.1, 0.15) is 16.7 Å². The molecule has 5 nitrogen and oxygen atoms in total. The van der Waals surface area contributed by atoms with Gasteiger partial charge in [-0.1, -0.05) is 24.3 Å². The fourth-order valence-corrected chi connectivity index (χ4v) is 2.93. The Kier molecular flexibility index (Phi) is 3.35. The predicted molar refractivity (Wildman–Crippen MR) is 85.5 cm³/mol. The largest absolute Gasteiger partial charge is 0.321 e. The highest BCUT2D eigenvalue weighted by Gasteiger charge is 2.25. The molecule has 0 spiro atoms. The highest BCUT2D eigenvalue weighted by molar-refractivity contribution is 7.89. The van der Waals surface area contributed by atoms with Crippen molar-refractivity contribution in [2.45, 2.75) is 11.8 Å². The summed E-state index contributed by atoms with van der Waals surface area (Å²) >= 11 is 0. The highest BCUT2D eigenvalue weighted by atomic mass is 32.2. The van der Waals surface area contributed by atoms with Gasteiger partial charge < -0.3 is 5.32 Å². The molecule has 0 aromatic heterocycles. The van der Waals surface area contributed by atoms with Crippen LogP contribution in [0.3, 0.4) is 0 Å². The van der Waals surface area contributed by atoms with Gasteiger partial charge in [0.25, 0.3) is 5.91 Å². The van der Waals surface area contributed by atoms with Crippen LogP contribution in [0.5, 0.6) is 0 Å². The zero-order valence-electron chi connectivity index (χ0n) is 11.8. The predicted octanol–water partition coefficient (Wildman–Crippen LogP) is 2.14. The van der Waals surface area contributed by atoms with Crippen molar-refractivity contribution in [1.82, 2.24) is 0 Å². The molecule has 0 aliphatic carbocycles. The monoisotopic (exact) mass is 314 g/mol. The van der Waals surface area contributed by atoms with Crippen LogP contribution in [0, 0.1) is 6.92 Å². The first-order valence-electron chi connectivity index (χ1n) is 6.62. The van der Waals surface area contributed by atoms with Crippen LogP contribution >= 0.6 is 0 Å². The SMILES string of the molecule is Cc1ccccc1/C=C1/C(=O)Nc2ccc(S(N)(=O)=O)cc21. The zero-order chi connectivity index (χ0) is 15.9. The maximum atomic E-state index is 12.1. The summed E-state index contributed by atoms with van der Waals surface area (Å²) in [6.45, 7) is 1.95. The van der Waals surface area contributed by atoms with Crippen molar-refractivity contribution in [2.24, 2.45) is 5.14 Å². The first kappa shape index (κ1) is 14.5. The van der Waals surface area contributed by atoms with Gasteiger partial charge in [0, 0.05) is 16.8 Å². The third kappa shape index (κ3) is 2.54. The molecular weight excluding hydrogens is 300 g/mol. The normalized spacial score (nSPS) is 15.7. The number of rotatable bonds is 2. The molecule has 112 valence electrons. The summed E-state index contributed by atoms with van der Waals surface area (Å²) in [6.07, 6.45) is 1.75. The standard InChI is InChI=1S/C16H14N2O3S/c1-10-4-2-3-5-11(10)8-14-13-9-12(22(17,20)21)6-7-15(13)18-16(14)19/h2-9H,1H3,(H,18,19)(H2,17,20,21)/b14-8+. The summed E-state index contributed by atoms with van der Waals surface area (Å²) in [5.74, 6) is -0.259. The van der Waals surface area contributed by atoms with Crippen LogP contribution in [-0.2, 0) is 14.8 Å². The first-order valence-corrected chi connectivity index (χ1v) is 8.17. The van der Waals surface area contributed by atoms with E-state index in [0.29, 0.717) is 16.8 Å². The van der Waals surface area contributed by atoms with Crippen molar-refractivity contribution in [1.29, 1.82) is 0 Å². The molecule has 1 aliphatic rings. The second kappa shape index (κ2) is 5.08. The third-order valence-corrected chi connectivity index (χ3v) is 4.50. The molecule has 3 rings (SSSR count). The first-order chi connectivity index (χ1) is 10.4. The fraction of sp³-hybridized carbons (Fsp3) is 0.0625. The van der Waals surface area contributed by atoms with E-state index in [2.05, 4.69) is 5.32 Å². The van der Waals surface area contributed by atoms with Gasteiger partial charge in [-0.15, -0.1) is 0 Å². The van der Waals surface area contributed by atoms with Crippen LogP contribution in [0.4, 0.5) is 5.69 Å². The summed E-state index contributed by atoms with van der Waals surface area (Å²) in [6, 6.07) is 12.0. The number of hydrogen-bond acceptors (Lipinski definition) is 3. The molecule has 0 radical (unpaired) electrons. The van der Waals surface area contributed by atoms with Gasteiger partial charge in [-0.25, -0.2) is 13.6 Å². The van der Waals surface area contributed by atoms with Crippen LogP contribution < -0.4 is 10.5 Å². The summed E-state index contributed by atoms with van der Waals surface area (Å²) in [7, 11) is -3.81. The Morgan fingerprint density at radius 3 is 2.55 bits per heavy atom. The number of primary sulfonamides is 1. The minimum absolute atomic E-state index is 0.0153. The van der Waals surface area contributed by atoms with Crippen molar-refractivity contribution in [2.75, 3.05) is 5.32 Å². The summed E-state index contributed by atoms with van der Waals surface area (Å²) in [5.41, 5.74) is 3.48. The van der Waals surface area contributed by atoms with E-state index in [9.17, 15) is 13.2 Å². The molecule has 0 unspecified atom stereocenters. The lowest BCUT2D eigenvalue weighted by atomic mass is 10.0. The van der Waals surface area contributed by atoms with E-state index < -0.39 is 10.0 Å². The Balaban J connectivity index is 2.17. The second-order valence-electron chi connectivity index (χ2n) is 5.12. The molecule has 0 atom stereocenters. The van der Waals surface area contributed by atoms with E-state index >= 15 is 0 Å². The quantitative estimate of drug-likeness (QED) is 0.832. The number of carbonyl (C=O) groups excluding carboxylic acids is 1. The number of aryl methyl sites for hydroxylation is 1. The molecule has 0 saturated carbocycles. The minimum atomic E-state index is -3.81. The Morgan fingerprint density at radius 2 is 1.86 bits per heavy atom. The molecular formula is C16H14N2O3S. The van der Waals surface area contributed by atoms with E-state index in [4.69, 9.17) is 5.14 Å². The van der Waals surface area contributed by atoms with Gasteiger partial charge in [0.1, 0.15) is 0 Å². The van der Waals surface area contributed by atoms with Crippen molar-refractivity contribution < 1.29 is 13.2 Å². The van der Waals surface area contributed by atoms with Crippen molar-refractivity contribution >= 4 is 33.3 Å². The molecule has 6 heteroatoms. The Morgan fingerprint density at radius 1 is 1.14 bits per heavy atom. The topological polar surface area (TPSA) is 89.3 Å². The Bertz CT molecular complexity index is 915. The number of nitrogens with one attached hydrogen (secondary N) is 1. The zero-order valence-corrected chi connectivity index (χ0v) is 12.6. The lowest BCUT2D eigenvalue weighted by Gasteiger charge is -2.04. The number of benzene rings is 2. The number of sulfonamides is 1. The van der Waals surface area contributed by atoms with Crippen molar-refractivity contribution in [3.05, 3.63) is 59.2 Å². The summed E-state index contributed by atoms with van der Waals surface area (Å²) in [5, 5.41) is 7.88. The Labute approximate surface area is 128 Å². The Hall–Kier alpha value is -2.44. The van der Waals surface area contributed by atoms with Gasteiger partial charge in [-0.3, -0.25) is 4.79 Å².